The Balaban J connectivity index is 2.64. The zero-order chi connectivity index (χ0) is 18.5. The Bertz CT molecular complexity index is 779. The topological polar surface area (TPSA) is 69.7 Å². The van der Waals surface area contributed by atoms with Crippen LogP contribution in [0.3, 0.4) is 0 Å². The summed E-state index contributed by atoms with van der Waals surface area (Å²) in [5.74, 6) is -1.32. The molecule has 1 aromatic carbocycles. The van der Waals surface area contributed by atoms with Crippen molar-refractivity contribution in [3.05, 3.63) is 23.3 Å². The largest absolute Gasteiger partial charge is 0.534 e. The smallest absolute Gasteiger partial charge is 0.486 e. The van der Waals surface area contributed by atoms with E-state index < -0.39 is 32.8 Å². The summed E-state index contributed by atoms with van der Waals surface area (Å²) in [4.78, 5) is 12.3. The third kappa shape index (κ3) is 3.50. The fourth-order valence-corrected chi connectivity index (χ4v) is 2.80. The number of rotatable bonds is 3. The van der Waals surface area contributed by atoms with E-state index in [2.05, 4.69) is 4.18 Å². The number of ketones is 1. The number of Topliss-reactive ketones (excluding diaryl/α,β-unsaturated/α-hetero) is 1. The van der Waals surface area contributed by atoms with E-state index in [9.17, 15) is 26.4 Å². The molecule has 0 aliphatic carbocycles. The molecule has 1 aliphatic rings. The predicted molar refractivity (Wildman–Crippen MR) is 79.8 cm³/mol. The Morgan fingerprint density at radius 3 is 2.33 bits per heavy atom. The lowest BCUT2D eigenvalue weighted by Crippen LogP contribution is -2.36. The highest BCUT2D eigenvalue weighted by molar-refractivity contribution is 7.88. The molecule has 2 rings (SSSR count). The number of carbonyl (C=O) groups is 1. The number of alkyl halides is 3. The first kappa shape index (κ1) is 18.6. The third-order valence-corrected chi connectivity index (χ3v) is 4.46. The van der Waals surface area contributed by atoms with Gasteiger partial charge in [0.05, 0.1) is 6.42 Å². The summed E-state index contributed by atoms with van der Waals surface area (Å²) in [6, 6.07) is 2.65. The number of hydrogen-bond acceptors (Lipinski definition) is 5. The number of hydrogen-bond donors (Lipinski definition) is 0. The molecule has 0 amide bonds. The van der Waals surface area contributed by atoms with Crippen LogP contribution < -0.4 is 8.92 Å². The quantitative estimate of drug-likeness (QED) is 0.601. The monoisotopic (exact) mass is 366 g/mol. The molecule has 0 radical (unpaired) electrons. The molecular weight excluding hydrogens is 349 g/mol. The van der Waals surface area contributed by atoms with Crippen LogP contribution in [0.4, 0.5) is 13.2 Å². The lowest BCUT2D eigenvalue weighted by Gasteiger charge is -2.32. The van der Waals surface area contributed by atoms with Crippen LogP contribution in [0.25, 0.3) is 0 Å². The van der Waals surface area contributed by atoms with Crippen LogP contribution in [-0.2, 0) is 10.1 Å². The summed E-state index contributed by atoms with van der Waals surface area (Å²) in [5, 5.41) is 0. The van der Waals surface area contributed by atoms with Crippen molar-refractivity contribution in [3.8, 4) is 11.5 Å². The van der Waals surface area contributed by atoms with Gasteiger partial charge in [-0.3, -0.25) is 4.79 Å². The van der Waals surface area contributed by atoms with Crippen LogP contribution in [0.15, 0.2) is 12.1 Å². The summed E-state index contributed by atoms with van der Waals surface area (Å²) >= 11 is 0. The van der Waals surface area contributed by atoms with Gasteiger partial charge in [0.2, 0.25) is 0 Å². The van der Waals surface area contributed by atoms with Crippen LogP contribution >= 0.6 is 0 Å². The van der Waals surface area contributed by atoms with Crippen molar-refractivity contribution in [3.63, 3.8) is 0 Å². The molecule has 0 bridgehead atoms. The number of benzene rings is 1. The molecule has 24 heavy (non-hydrogen) atoms. The first-order valence-electron chi connectivity index (χ1n) is 7.14. The van der Waals surface area contributed by atoms with Gasteiger partial charge in [0.25, 0.3) is 0 Å². The Morgan fingerprint density at radius 2 is 1.83 bits per heavy atom. The van der Waals surface area contributed by atoms with Crippen LogP contribution in [0, 0.1) is 0 Å². The fraction of sp³-hybridized carbons (Fsp3) is 0.533. The minimum atomic E-state index is -5.89. The molecule has 0 saturated heterocycles. The van der Waals surface area contributed by atoms with Crippen molar-refractivity contribution in [2.45, 2.75) is 51.1 Å². The molecule has 134 valence electrons. The number of ether oxygens (including phenoxy) is 1. The second-order valence-corrected chi connectivity index (χ2v) is 8.03. The maximum atomic E-state index is 12.6. The van der Waals surface area contributed by atoms with Gasteiger partial charge in [-0.15, -0.1) is 0 Å². The number of carbonyl (C=O) groups excluding carboxylic acids is 1. The standard InChI is InChI=1S/C15H17F3O5S/c1-8(2)9-5-11-13(10(19)7-14(3,4)22-11)12(6-9)23-24(20,21)15(16,17)18/h5-6,8H,7H2,1-4H3. The van der Waals surface area contributed by atoms with Crippen molar-refractivity contribution in [1.82, 2.24) is 0 Å². The average molecular weight is 366 g/mol. The highest BCUT2D eigenvalue weighted by Crippen LogP contribution is 2.42. The van der Waals surface area contributed by atoms with Crippen LogP contribution in [0.2, 0.25) is 0 Å². The molecule has 0 aromatic heterocycles. The number of halogens is 3. The van der Waals surface area contributed by atoms with E-state index >= 15 is 0 Å². The summed E-state index contributed by atoms with van der Waals surface area (Å²) in [6.45, 7) is 6.84. The van der Waals surface area contributed by atoms with Gasteiger partial charge in [-0.25, -0.2) is 0 Å². The molecule has 0 fully saturated rings. The van der Waals surface area contributed by atoms with E-state index in [1.807, 2.05) is 0 Å². The zero-order valence-corrected chi connectivity index (χ0v) is 14.3. The molecule has 0 spiro atoms. The summed E-state index contributed by atoms with van der Waals surface area (Å²) in [6.07, 6.45) is -0.108. The second kappa shape index (κ2) is 5.65. The number of fused-ring (bicyclic) bond motifs is 1. The van der Waals surface area contributed by atoms with Gasteiger partial charge in [-0.05, 0) is 37.5 Å². The van der Waals surface area contributed by atoms with Crippen molar-refractivity contribution >= 4 is 15.9 Å². The van der Waals surface area contributed by atoms with E-state index in [0.717, 1.165) is 6.07 Å². The molecule has 5 nitrogen and oxygen atoms in total. The lowest BCUT2D eigenvalue weighted by molar-refractivity contribution is -0.0500. The Kier molecular flexibility index (Phi) is 4.37. The Labute approximate surface area is 137 Å². The predicted octanol–water partition coefficient (Wildman–Crippen LogP) is 3.78. The van der Waals surface area contributed by atoms with Gasteiger partial charge in [-0.2, -0.15) is 21.6 Å². The highest BCUT2D eigenvalue weighted by atomic mass is 32.2. The summed E-state index contributed by atoms with van der Waals surface area (Å²) in [5.41, 5.74) is -6.23. The van der Waals surface area contributed by atoms with Crippen LogP contribution in [0.5, 0.6) is 11.5 Å². The minimum absolute atomic E-state index is 0.0230. The molecule has 1 aliphatic heterocycles. The normalized spacial score (nSPS) is 17.4. The second-order valence-electron chi connectivity index (χ2n) is 6.49. The molecular formula is C15H17F3O5S. The third-order valence-electron chi connectivity index (χ3n) is 3.49. The van der Waals surface area contributed by atoms with Gasteiger partial charge in [-0.1, -0.05) is 13.8 Å². The first-order valence-corrected chi connectivity index (χ1v) is 8.55. The van der Waals surface area contributed by atoms with E-state index in [1.165, 1.54) is 6.07 Å². The van der Waals surface area contributed by atoms with Crippen molar-refractivity contribution in [2.24, 2.45) is 0 Å². The summed E-state index contributed by atoms with van der Waals surface area (Å²) < 4.78 is 70.3. The molecule has 1 heterocycles. The van der Waals surface area contributed by atoms with Gasteiger partial charge in [0.15, 0.2) is 11.5 Å². The maximum absolute atomic E-state index is 12.6. The van der Waals surface area contributed by atoms with E-state index in [0.29, 0.717) is 5.56 Å². The summed E-state index contributed by atoms with van der Waals surface area (Å²) in [7, 11) is -5.89. The van der Waals surface area contributed by atoms with E-state index in [-0.39, 0.29) is 23.7 Å². The molecule has 0 atom stereocenters. The Morgan fingerprint density at radius 1 is 1.25 bits per heavy atom. The molecule has 9 heteroatoms. The molecule has 0 unspecified atom stereocenters. The van der Waals surface area contributed by atoms with Gasteiger partial charge < -0.3 is 8.92 Å². The van der Waals surface area contributed by atoms with Crippen molar-refractivity contribution in [1.29, 1.82) is 0 Å². The Hall–Kier alpha value is -1.77. The fourth-order valence-electron chi connectivity index (χ4n) is 2.34. The highest BCUT2D eigenvalue weighted by Gasteiger charge is 2.49. The van der Waals surface area contributed by atoms with Gasteiger partial charge >= 0.3 is 15.6 Å². The molecule has 0 N–H and O–H groups in total. The first-order chi connectivity index (χ1) is 10.7. The van der Waals surface area contributed by atoms with Gasteiger partial charge in [0, 0.05) is 0 Å². The van der Waals surface area contributed by atoms with Gasteiger partial charge in [0.1, 0.15) is 16.9 Å². The zero-order valence-electron chi connectivity index (χ0n) is 13.5. The maximum Gasteiger partial charge on any atom is 0.534 e. The average Bonchev–Trinajstić information content (AvgIpc) is 2.33. The van der Waals surface area contributed by atoms with Crippen molar-refractivity contribution in [2.75, 3.05) is 0 Å². The SMILES string of the molecule is CC(C)c1cc2c(c(OS(=O)(=O)C(F)(F)F)c1)C(=O)CC(C)(C)O2. The van der Waals surface area contributed by atoms with E-state index in [4.69, 9.17) is 4.74 Å². The minimum Gasteiger partial charge on any atom is -0.486 e. The molecule has 1 aromatic rings. The van der Waals surface area contributed by atoms with Crippen LogP contribution in [0.1, 0.15) is 56.0 Å². The van der Waals surface area contributed by atoms with Crippen LogP contribution in [-0.4, -0.2) is 25.3 Å². The molecule has 0 saturated carbocycles. The van der Waals surface area contributed by atoms with Crippen molar-refractivity contribution < 1.29 is 35.3 Å². The lowest BCUT2D eigenvalue weighted by atomic mass is 9.90. The van der Waals surface area contributed by atoms with E-state index in [1.54, 1.807) is 27.7 Å².